The number of hydrogen-bond donors (Lipinski definition) is 1. The number of hydrogen-bond acceptors (Lipinski definition) is 1. The number of unbranched alkanes of at least 4 members (excludes halogenated alkanes) is 22. The van der Waals surface area contributed by atoms with E-state index in [1.165, 1.54) is 135 Å². The molecule has 0 bridgehead atoms. The number of carboxylic acids is 1. The zero-order chi connectivity index (χ0) is 20.5. The zero-order valence-corrected chi connectivity index (χ0v) is 24.5. The normalized spacial score (nSPS) is 10.8. The molecule has 0 saturated heterocycles. The molecule has 0 unspecified atom stereocenters. The van der Waals surface area contributed by atoms with Crippen molar-refractivity contribution in [2.45, 2.75) is 161 Å². The summed E-state index contributed by atoms with van der Waals surface area (Å²) >= 11 is 0. The van der Waals surface area contributed by atoms with E-state index >= 15 is 0 Å². The van der Waals surface area contributed by atoms with Crippen LogP contribution in [0.4, 0.5) is 0 Å². The topological polar surface area (TPSA) is 37.3 Å². The van der Waals surface area contributed by atoms with Gasteiger partial charge in [-0.25, -0.2) is 0 Å². The van der Waals surface area contributed by atoms with E-state index in [9.17, 15) is 4.79 Å². The van der Waals surface area contributed by atoms with E-state index in [4.69, 9.17) is 5.11 Å². The summed E-state index contributed by atoms with van der Waals surface area (Å²) in [4.78, 5) is 10.4. The molecular formula is C26H52BaO2. The standard InChI is InChI=1S/C26H52O2.Ba/c1-2-3-4-5-6-7-8-9-10-11-12-13-14-15-16-17-18-19-20-21-22-23-24-25-26(27)28;/h2-25H2,1H3,(H,27,28);. The van der Waals surface area contributed by atoms with Crippen molar-refractivity contribution in [3.63, 3.8) is 0 Å². The van der Waals surface area contributed by atoms with E-state index in [0.717, 1.165) is 12.8 Å². The largest absolute Gasteiger partial charge is 0.481 e. The molecule has 0 amide bonds. The van der Waals surface area contributed by atoms with Gasteiger partial charge in [0.05, 0.1) is 0 Å². The SMILES string of the molecule is CCCCCCCCCCCCCCCCCCCCCCCCCC(=O)O.[Ba]. The van der Waals surface area contributed by atoms with E-state index in [1.807, 2.05) is 0 Å². The van der Waals surface area contributed by atoms with Crippen molar-refractivity contribution < 1.29 is 9.90 Å². The molecule has 170 valence electrons. The summed E-state index contributed by atoms with van der Waals surface area (Å²) in [5.74, 6) is -0.650. The van der Waals surface area contributed by atoms with Crippen LogP contribution in [0, 0.1) is 0 Å². The Bertz CT molecular complexity index is 307. The molecule has 0 heterocycles. The zero-order valence-electron chi connectivity index (χ0n) is 20.0. The summed E-state index contributed by atoms with van der Waals surface area (Å²) < 4.78 is 0. The van der Waals surface area contributed by atoms with Gasteiger partial charge in [-0.15, -0.1) is 0 Å². The molecule has 0 aromatic carbocycles. The molecule has 0 aliphatic heterocycles. The van der Waals surface area contributed by atoms with Crippen LogP contribution in [-0.4, -0.2) is 60.0 Å². The molecule has 0 aliphatic carbocycles. The van der Waals surface area contributed by atoms with Crippen molar-refractivity contribution in [1.82, 2.24) is 0 Å². The number of rotatable bonds is 24. The summed E-state index contributed by atoms with van der Waals surface area (Å²) in [5, 5.41) is 8.59. The molecular weight excluding hydrogens is 482 g/mol. The molecule has 0 aliphatic rings. The smallest absolute Gasteiger partial charge is 0.303 e. The van der Waals surface area contributed by atoms with Crippen LogP contribution in [0.2, 0.25) is 0 Å². The monoisotopic (exact) mass is 534 g/mol. The molecule has 0 fully saturated rings. The van der Waals surface area contributed by atoms with Crippen LogP contribution < -0.4 is 0 Å². The fraction of sp³-hybridized carbons (Fsp3) is 0.962. The van der Waals surface area contributed by atoms with Gasteiger partial charge in [-0.05, 0) is 6.42 Å². The van der Waals surface area contributed by atoms with Gasteiger partial charge in [0, 0.05) is 55.3 Å². The van der Waals surface area contributed by atoms with Gasteiger partial charge in [0.25, 0.3) is 0 Å². The maximum absolute atomic E-state index is 10.4. The average Bonchev–Trinajstić information content (AvgIpc) is 2.68. The maximum Gasteiger partial charge on any atom is 0.303 e. The van der Waals surface area contributed by atoms with Gasteiger partial charge in [-0.1, -0.05) is 148 Å². The van der Waals surface area contributed by atoms with Crippen LogP contribution in [0.3, 0.4) is 0 Å². The van der Waals surface area contributed by atoms with Crippen LogP contribution >= 0.6 is 0 Å². The van der Waals surface area contributed by atoms with Crippen molar-refractivity contribution in [2.24, 2.45) is 0 Å². The van der Waals surface area contributed by atoms with Crippen LogP contribution in [0.5, 0.6) is 0 Å². The number of aliphatic carboxylic acids is 1. The minimum absolute atomic E-state index is 0. The predicted octanol–water partition coefficient (Wildman–Crippen LogP) is 9.07. The molecule has 2 radical (unpaired) electrons. The van der Waals surface area contributed by atoms with Crippen LogP contribution in [-0.2, 0) is 4.79 Å². The molecule has 0 aromatic rings. The van der Waals surface area contributed by atoms with E-state index < -0.39 is 5.97 Å². The third-order valence-corrected chi connectivity index (χ3v) is 5.99. The summed E-state index contributed by atoms with van der Waals surface area (Å²) in [6.07, 6.45) is 32.0. The Balaban J connectivity index is 0. The van der Waals surface area contributed by atoms with Crippen molar-refractivity contribution >= 4 is 54.9 Å². The second kappa shape index (κ2) is 29.0. The van der Waals surface area contributed by atoms with E-state index in [2.05, 4.69) is 6.92 Å². The van der Waals surface area contributed by atoms with Gasteiger partial charge in [-0.3, -0.25) is 4.79 Å². The molecule has 2 nitrogen and oxygen atoms in total. The minimum Gasteiger partial charge on any atom is -0.481 e. The van der Waals surface area contributed by atoms with Crippen LogP contribution in [0.15, 0.2) is 0 Å². The Labute approximate surface area is 223 Å². The molecule has 29 heavy (non-hydrogen) atoms. The Morgan fingerprint density at radius 2 is 0.655 bits per heavy atom. The third-order valence-electron chi connectivity index (χ3n) is 5.99. The molecule has 0 spiro atoms. The summed E-state index contributed by atoms with van der Waals surface area (Å²) in [6, 6.07) is 0. The van der Waals surface area contributed by atoms with Crippen molar-refractivity contribution in [1.29, 1.82) is 0 Å². The van der Waals surface area contributed by atoms with Gasteiger partial charge in [0.1, 0.15) is 0 Å². The molecule has 0 aromatic heterocycles. The van der Waals surface area contributed by atoms with Gasteiger partial charge in [0.15, 0.2) is 0 Å². The van der Waals surface area contributed by atoms with Gasteiger partial charge in [0.2, 0.25) is 0 Å². The first kappa shape index (κ1) is 32.2. The second-order valence-electron chi connectivity index (χ2n) is 8.92. The average molecular weight is 534 g/mol. The predicted molar refractivity (Wildman–Crippen MR) is 130 cm³/mol. The van der Waals surface area contributed by atoms with Crippen LogP contribution in [0.25, 0.3) is 0 Å². The van der Waals surface area contributed by atoms with Crippen molar-refractivity contribution in [3.05, 3.63) is 0 Å². The molecule has 0 atom stereocenters. The van der Waals surface area contributed by atoms with Crippen LogP contribution in [0.1, 0.15) is 161 Å². The summed E-state index contributed by atoms with van der Waals surface area (Å²) in [5.41, 5.74) is 0. The Morgan fingerprint density at radius 1 is 0.448 bits per heavy atom. The first-order valence-corrected chi connectivity index (χ1v) is 13.0. The molecule has 3 heteroatoms. The fourth-order valence-electron chi connectivity index (χ4n) is 4.06. The van der Waals surface area contributed by atoms with Gasteiger partial charge in [-0.2, -0.15) is 0 Å². The number of carbonyl (C=O) groups is 1. The summed E-state index contributed by atoms with van der Waals surface area (Å²) in [7, 11) is 0. The Kier molecular flexibility index (Phi) is 32.3. The summed E-state index contributed by atoms with van der Waals surface area (Å²) in [6.45, 7) is 2.29. The fourth-order valence-corrected chi connectivity index (χ4v) is 4.06. The second-order valence-corrected chi connectivity index (χ2v) is 8.92. The van der Waals surface area contributed by atoms with E-state index in [0.29, 0.717) is 6.42 Å². The molecule has 1 N–H and O–H groups in total. The maximum atomic E-state index is 10.4. The quantitative estimate of drug-likeness (QED) is 0.0992. The van der Waals surface area contributed by atoms with Crippen molar-refractivity contribution in [3.8, 4) is 0 Å². The first-order chi connectivity index (χ1) is 13.8. The molecule has 0 rings (SSSR count). The van der Waals surface area contributed by atoms with E-state index in [1.54, 1.807) is 0 Å². The molecule has 0 saturated carbocycles. The third kappa shape index (κ3) is 31.3. The Morgan fingerprint density at radius 3 is 0.862 bits per heavy atom. The minimum atomic E-state index is -0.650. The van der Waals surface area contributed by atoms with Gasteiger partial charge < -0.3 is 5.11 Å². The van der Waals surface area contributed by atoms with Crippen molar-refractivity contribution in [2.75, 3.05) is 0 Å². The van der Waals surface area contributed by atoms with Gasteiger partial charge >= 0.3 is 5.97 Å². The first-order valence-electron chi connectivity index (χ1n) is 13.0. The number of carboxylic acid groups (broad SMARTS) is 1. The van der Waals surface area contributed by atoms with E-state index in [-0.39, 0.29) is 48.9 Å². The Hall–Kier alpha value is 1.04.